The van der Waals surface area contributed by atoms with Crippen LogP contribution in [0.1, 0.15) is 33.3 Å². The van der Waals surface area contributed by atoms with E-state index in [9.17, 15) is 19.8 Å². The molecule has 0 saturated carbocycles. The van der Waals surface area contributed by atoms with E-state index in [-0.39, 0.29) is 42.3 Å². The molecule has 28 heavy (non-hydrogen) atoms. The lowest BCUT2D eigenvalue weighted by molar-refractivity contribution is 0.0642. The Balaban J connectivity index is 1.79. The average Bonchev–Trinajstić information content (AvgIpc) is 2.71. The summed E-state index contributed by atoms with van der Waals surface area (Å²) in [6, 6.07) is 7.79. The van der Waals surface area contributed by atoms with Crippen LogP contribution in [-0.4, -0.2) is 62.5 Å². The van der Waals surface area contributed by atoms with E-state index < -0.39 is 0 Å². The van der Waals surface area contributed by atoms with Gasteiger partial charge in [0.25, 0.3) is 5.91 Å². The number of rotatable bonds is 6. The minimum absolute atomic E-state index is 0.126. The molecule has 3 rings (SSSR count). The number of aliphatic hydroxyl groups excluding tert-OH is 1. The van der Waals surface area contributed by atoms with Crippen LogP contribution >= 0.6 is 11.8 Å². The molecule has 2 aromatic rings. The number of ketones is 1. The third kappa shape index (κ3) is 4.28. The molecule has 1 atom stereocenters. The number of amides is 1. The lowest BCUT2D eigenvalue weighted by Crippen LogP contribution is -2.49. The first-order chi connectivity index (χ1) is 13.5. The first-order valence-corrected chi connectivity index (χ1v) is 10.1. The molecule has 8 heteroatoms. The summed E-state index contributed by atoms with van der Waals surface area (Å²) >= 11 is 1.72. The molecule has 1 aromatic carbocycles. The molecule has 0 spiro atoms. The first-order valence-electron chi connectivity index (χ1n) is 8.92. The molecular weight excluding hydrogens is 380 g/mol. The predicted molar refractivity (Wildman–Crippen MR) is 106 cm³/mol. The van der Waals surface area contributed by atoms with Gasteiger partial charge in [0.2, 0.25) is 0 Å². The van der Waals surface area contributed by atoms with Gasteiger partial charge in [0.15, 0.2) is 5.78 Å². The Bertz CT molecular complexity index is 873. The SMILES string of the molecule is CC(=O)c1c(O)cccc1OC[C@@H]1CSCCN1C(=O)c1cccnc1CO. The smallest absolute Gasteiger partial charge is 0.256 e. The number of carbonyl (C=O) groups is 2. The Morgan fingerprint density at radius 1 is 1.32 bits per heavy atom. The highest BCUT2D eigenvalue weighted by Gasteiger charge is 2.30. The Morgan fingerprint density at radius 3 is 2.89 bits per heavy atom. The van der Waals surface area contributed by atoms with Crippen molar-refractivity contribution in [1.29, 1.82) is 0 Å². The maximum Gasteiger partial charge on any atom is 0.256 e. The molecule has 0 bridgehead atoms. The van der Waals surface area contributed by atoms with Crippen LogP contribution in [-0.2, 0) is 6.61 Å². The first kappa shape index (κ1) is 20.2. The van der Waals surface area contributed by atoms with Crippen molar-refractivity contribution in [3.05, 3.63) is 53.3 Å². The maximum atomic E-state index is 13.0. The predicted octanol–water partition coefficient (Wildman–Crippen LogP) is 2.12. The summed E-state index contributed by atoms with van der Waals surface area (Å²) in [4.78, 5) is 30.7. The fourth-order valence-electron chi connectivity index (χ4n) is 3.15. The summed E-state index contributed by atoms with van der Waals surface area (Å²) in [6.45, 7) is 1.80. The number of aromatic nitrogens is 1. The topological polar surface area (TPSA) is 100.0 Å². The molecule has 0 radical (unpaired) electrons. The maximum absolute atomic E-state index is 13.0. The van der Waals surface area contributed by atoms with Crippen LogP contribution in [0.4, 0.5) is 0 Å². The Labute approximate surface area is 167 Å². The summed E-state index contributed by atoms with van der Waals surface area (Å²) in [5.41, 5.74) is 0.861. The van der Waals surface area contributed by atoms with Crippen molar-refractivity contribution in [2.24, 2.45) is 0 Å². The van der Waals surface area contributed by atoms with Crippen molar-refractivity contribution in [3.63, 3.8) is 0 Å². The van der Waals surface area contributed by atoms with E-state index in [1.54, 1.807) is 47.1 Å². The molecule has 1 amide bonds. The molecule has 7 nitrogen and oxygen atoms in total. The molecule has 1 aromatic heterocycles. The Kier molecular flexibility index (Phi) is 6.53. The molecule has 0 aliphatic carbocycles. The van der Waals surface area contributed by atoms with Crippen LogP contribution in [0.3, 0.4) is 0 Å². The van der Waals surface area contributed by atoms with Crippen molar-refractivity contribution >= 4 is 23.5 Å². The molecule has 1 fully saturated rings. The molecule has 2 heterocycles. The second kappa shape index (κ2) is 9.07. The highest BCUT2D eigenvalue weighted by Crippen LogP contribution is 2.29. The second-order valence-electron chi connectivity index (χ2n) is 6.40. The summed E-state index contributed by atoms with van der Waals surface area (Å²) in [5.74, 6) is 1.18. The second-order valence-corrected chi connectivity index (χ2v) is 7.55. The van der Waals surface area contributed by atoms with Gasteiger partial charge in [-0.2, -0.15) is 11.8 Å². The highest BCUT2D eigenvalue weighted by atomic mass is 32.2. The van der Waals surface area contributed by atoms with E-state index in [0.29, 0.717) is 29.3 Å². The molecule has 1 aliphatic rings. The lowest BCUT2D eigenvalue weighted by atomic mass is 10.1. The number of Topliss-reactive ketones (excluding diaryl/α,β-unsaturated/α-hetero) is 1. The zero-order valence-electron chi connectivity index (χ0n) is 15.5. The number of thioether (sulfide) groups is 1. The fourth-order valence-corrected chi connectivity index (χ4v) is 4.19. The number of phenols is 1. The lowest BCUT2D eigenvalue weighted by Gasteiger charge is -2.35. The average molecular weight is 402 g/mol. The number of phenolic OH excluding ortho intramolecular Hbond substituents is 1. The number of pyridine rings is 1. The van der Waals surface area contributed by atoms with E-state index in [4.69, 9.17) is 4.74 Å². The minimum Gasteiger partial charge on any atom is -0.507 e. The summed E-state index contributed by atoms with van der Waals surface area (Å²) in [5, 5.41) is 19.4. The normalized spacial score (nSPS) is 16.6. The monoisotopic (exact) mass is 402 g/mol. The van der Waals surface area contributed by atoms with Gasteiger partial charge in [-0.05, 0) is 31.2 Å². The van der Waals surface area contributed by atoms with Gasteiger partial charge in [0, 0.05) is 24.2 Å². The van der Waals surface area contributed by atoms with Crippen LogP contribution in [0, 0.1) is 0 Å². The molecule has 0 unspecified atom stereocenters. The third-order valence-electron chi connectivity index (χ3n) is 4.55. The van der Waals surface area contributed by atoms with Crippen molar-refractivity contribution < 1.29 is 24.5 Å². The summed E-state index contributed by atoms with van der Waals surface area (Å²) in [6.07, 6.45) is 1.54. The zero-order chi connectivity index (χ0) is 20.1. The van der Waals surface area contributed by atoms with E-state index >= 15 is 0 Å². The van der Waals surface area contributed by atoms with Gasteiger partial charge in [-0.15, -0.1) is 0 Å². The molecule has 2 N–H and O–H groups in total. The standard InChI is InChI=1S/C20H22N2O5S/c1-13(24)19-17(25)5-2-6-18(19)27-11-14-12-28-9-8-22(14)20(26)15-4-3-7-21-16(15)10-23/h2-7,14,23,25H,8-12H2,1H3/t14-/m1/s1. The largest absolute Gasteiger partial charge is 0.507 e. The summed E-state index contributed by atoms with van der Waals surface area (Å²) < 4.78 is 5.84. The van der Waals surface area contributed by atoms with Gasteiger partial charge in [-0.3, -0.25) is 14.6 Å². The quantitative estimate of drug-likeness (QED) is 0.714. The zero-order valence-corrected chi connectivity index (χ0v) is 16.3. The minimum atomic E-state index is -0.309. The number of aliphatic hydroxyl groups is 1. The van der Waals surface area contributed by atoms with Crippen LogP contribution in [0.2, 0.25) is 0 Å². The Hall–Kier alpha value is -2.58. The third-order valence-corrected chi connectivity index (χ3v) is 5.64. The summed E-state index contributed by atoms with van der Waals surface area (Å²) in [7, 11) is 0. The van der Waals surface area contributed by atoms with Crippen molar-refractivity contribution in [3.8, 4) is 11.5 Å². The van der Waals surface area contributed by atoms with Gasteiger partial charge in [-0.25, -0.2) is 0 Å². The van der Waals surface area contributed by atoms with Gasteiger partial charge >= 0.3 is 0 Å². The van der Waals surface area contributed by atoms with Crippen LogP contribution < -0.4 is 4.74 Å². The van der Waals surface area contributed by atoms with Crippen molar-refractivity contribution in [2.45, 2.75) is 19.6 Å². The number of benzene rings is 1. The van der Waals surface area contributed by atoms with Gasteiger partial charge in [-0.1, -0.05) is 6.07 Å². The number of hydrogen-bond donors (Lipinski definition) is 2. The van der Waals surface area contributed by atoms with Crippen molar-refractivity contribution in [2.75, 3.05) is 24.7 Å². The number of aromatic hydroxyl groups is 1. The van der Waals surface area contributed by atoms with Gasteiger partial charge < -0.3 is 19.8 Å². The van der Waals surface area contributed by atoms with E-state index in [1.165, 1.54) is 13.0 Å². The number of hydrogen-bond acceptors (Lipinski definition) is 7. The van der Waals surface area contributed by atoms with E-state index in [0.717, 1.165) is 5.75 Å². The van der Waals surface area contributed by atoms with Gasteiger partial charge in [0.05, 0.1) is 23.9 Å². The molecular formula is C20H22N2O5S. The molecule has 148 valence electrons. The van der Waals surface area contributed by atoms with E-state index in [2.05, 4.69) is 4.98 Å². The molecule has 1 saturated heterocycles. The number of carbonyl (C=O) groups excluding carboxylic acids is 2. The van der Waals surface area contributed by atoms with Crippen molar-refractivity contribution in [1.82, 2.24) is 9.88 Å². The number of ether oxygens (including phenoxy) is 1. The van der Waals surface area contributed by atoms with E-state index in [1.807, 2.05) is 0 Å². The Morgan fingerprint density at radius 2 is 2.14 bits per heavy atom. The van der Waals surface area contributed by atoms with Crippen LogP contribution in [0.5, 0.6) is 11.5 Å². The van der Waals surface area contributed by atoms with Crippen LogP contribution in [0.15, 0.2) is 36.5 Å². The fraction of sp³-hybridized carbons (Fsp3) is 0.350. The molecule has 1 aliphatic heterocycles. The highest BCUT2D eigenvalue weighted by molar-refractivity contribution is 7.99. The van der Waals surface area contributed by atoms with Gasteiger partial charge in [0.1, 0.15) is 23.7 Å². The van der Waals surface area contributed by atoms with Crippen LogP contribution in [0.25, 0.3) is 0 Å². The number of nitrogens with zero attached hydrogens (tertiary/aromatic N) is 2.